The summed E-state index contributed by atoms with van der Waals surface area (Å²) < 4.78 is 0. The third kappa shape index (κ3) is 2.08. The van der Waals surface area contributed by atoms with E-state index in [4.69, 9.17) is 5.73 Å². The van der Waals surface area contributed by atoms with Gasteiger partial charge in [-0.2, -0.15) is 5.10 Å². The van der Waals surface area contributed by atoms with Crippen LogP contribution in [0.15, 0.2) is 48.7 Å². The molecule has 19 heavy (non-hydrogen) atoms. The van der Waals surface area contributed by atoms with Crippen molar-refractivity contribution < 1.29 is 0 Å². The number of rotatable bonds is 2. The summed E-state index contributed by atoms with van der Waals surface area (Å²) in [6, 6.07) is 14.0. The molecule has 0 spiro atoms. The lowest BCUT2D eigenvalue weighted by Crippen LogP contribution is -1.90. The summed E-state index contributed by atoms with van der Waals surface area (Å²) >= 11 is 0. The van der Waals surface area contributed by atoms with Gasteiger partial charge in [-0.3, -0.25) is 10.1 Å². The van der Waals surface area contributed by atoms with Crippen LogP contribution in [0.1, 0.15) is 5.56 Å². The maximum atomic E-state index is 5.97. The summed E-state index contributed by atoms with van der Waals surface area (Å²) in [5.74, 6) is 0.468. The number of hydrogen-bond donors (Lipinski definition) is 2. The van der Waals surface area contributed by atoms with Crippen molar-refractivity contribution in [1.29, 1.82) is 0 Å². The lowest BCUT2D eigenvalue weighted by atomic mass is 10.0. The van der Waals surface area contributed by atoms with Crippen molar-refractivity contribution in [2.24, 2.45) is 0 Å². The van der Waals surface area contributed by atoms with Crippen molar-refractivity contribution in [3.8, 4) is 22.5 Å². The van der Waals surface area contributed by atoms with E-state index in [0.29, 0.717) is 5.82 Å². The standard InChI is InChI=1S/C15H14N4/c1-10-5-4-6-11(9-10)14-13(15(16)19-18-14)12-7-2-3-8-17-12/h2-9H,1H3,(H3,16,18,19). The van der Waals surface area contributed by atoms with Crippen LogP contribution in [0.5, 0.6) is 0 Å². The van der Waals surface area contributed by atoms with Crippen LogP contribution >= 0.6 is 0 Å². The number of nitrogen functional groups attached to an aromatic ring is 1. The number of pyridine rings is 1. The molecule has 3 N–H and O–H groups in total. The van der Waals surface area contributed by atoms with Crippen LogP contribution < -0.4 is 5.73 Å². The zero-order chi connectivity index (χ0) is 13.2. The van der Waals surface area contributed by atoms with E-state index in [1.807, 2.05) is 30.3 Å². The molecule has 0 atom stereocenters. The number of aryl methyl sites for hydroxylation is 1. The van der Waals surface area contributed by atoms with Gasteiger partial charge < -0.3 is 5.73 Å². The van der Waals surface area contributed by atoms with E-state index in [9.17, 15) is 0 Å². The van der Waals surface area contributed by atoms with Gasteiger partial charge in [0.15, 0.2) is 5.82 Å². The van der Waals surface area contributed by atoms with Gasteiger partial charge in [-0.1, -0.05) is 29.8 Å². The van der Waals surface area contributed by atoms with E-state index in [1.54, 1.807) is 6.20 Å². The SMILES string of the molecule is Cc1cccc(-c2[nH]nc(N)c2-c2ccccn2)c1. The summed E-state index contributed by atoms with van der Waals surface area (Å²) in [7, 11) is 0. The average molecular weight is 250 g/mol. The Morgan fingerprint density at radius 3 is 2.74 bits per heavy atom. The van der Waals surface area contributed by atoms with Crippen LogP contribution in [0.2, 0.25) is 0 Å². The molecular weight excluding hydrogens is 236 g/mol. The van der Waals surface area contributed by atoms with Gasteiger partial charge in [0, 0.05) is 11.8 Å². The largest absolute Gasteiger partial charge is 0.382 e. The third-order valence-electron chi connectivity index (χ3n) is 3.02. The first-order valence-corrected chi connectivity index (χ1v) is 6.08. The Kier molecular flexibility index (Phi) is 2.76. The number of aromatic nitrogens is 3. The Balaban J connectivity index is 2.19. The number of nitrogens with one attached hydrogen (secondary N) is 1. The number of nitrogens with two attached hydrogens (primary N) is 1. The predicted molar refractivity (Wildman–Crippen MR) is 76.4 cm³/mol. The lowest BCUT2D eigenvalue weighted by Gasteiger charge is -2.04. The van der Waals surface area contributed by atoms with Crippen molar-refractivity contribution in [1.82, 2.24) is 15.2 Å². The number of benzene rings is 1. The molecule has 0 aliphatic rings. The molecule has 4 nitrogen and oxygen atoms in total. The molecule has 3 rings (SSSR count). The molecule has 94 valence electrons. The van der Waals surface area contributed by atoms with E-state index in [1.165, 1.54) is 5.56 Å². The van der Waals surface area contributed by atoms with Gasteiger partial charge >= 0.3 is 0 Å². The Labute approximate surface area is 111 Å². The molecule has 3 aromatic rings. The number of nitrogens with zero attached hydrogens (tertiary/aromatic N) is 2. The maximum Gasteiger partial charge on any atom is 0.155 e. The van der Waals surface area contributed by atoms with Gasteiger partial charge in [-0.15, -0.1) is 0 Å². The van der Waals surface area contributed by atoms with Gasteiger partial charge in [0.2, 0.25) is 0 Å². The minimum atomic E-state index is 0.468. The van der Waals surface area contributed by atoms with Crippen LogP contribution in [0.25, 0.3) is 22.5 Å². The second-order valence-corrected chi connectivity index (χ2v) is 4.44. The van der Waals surface area contributed by atoms with Gasteiger partial charge in [0.1, 0.15) is 0 Å². The summed E-state index contributed by atoms with van der Waals surface area (Å²) in [5, 5.41) is 7.11. The van der Waals surface area contributed by atoms with E-state index in [-0.39, 0.29) is 0 Å². The van der Waals surface area contributed by atoms with Crippen molar-refractivity contribution in [3.63, 3.8) is 0 Å². The number of hydrogen-bond acceptors (Lipinski definition) is 3. The van der Waals surface area contributed by atoms with Gasteiger partial charge in [0.05, 0.1) is 17.0 Å². The molecule has 2 heterocycles. The topological polar surface area (TPSA) is 67.6 Å². The monoisotopic (exact) mass is 250 g/mol. The third-order valence-corrected chi connectivity index (χ3v) is 3.02. The molecule has 0 fully saturated rings. The molecule has 2 aromatic heterocycles. The van der Waals surface area contributed by atoms with Gasteiger partial charge in [-0.25, -0.2) is 0 Å². The van der Waals surface area contributed by atoms with Crippen LogP contribution in [-0.2, 0) is 0 Å². The van der Waals surface area contributed by atoms with Gasteiger partial charge in [0.25, 0.3) is 0 Å². The molecular formula is C15H14N4. The summed E-state index contributed by atoms with van der Waals surface area (Å²) in [6.45, 7) is 2.06. The van der Waals surface area contributed by atoms with Crippen LogP contribution in [0.3, 0.4) is 0 Å². The second kappa shape index (κ2) is 4.57. The molecule has 0 unspecified atom stereocenters. The highest BCUT2D eigenvalue weighted by Crippen LogP contribution is 2.33. The maximum absolute atomic E-state index is 5.97. The first-order chi connectivity index (χ1) is 9.25. The molecule has 0 aliphatic carbocycles. The molecule has 1 aromatic carbocycles. The van der Waals surface area contributed by atoms with E-state index < -0.39 is 0 Å². The number of H-pyrrole nitrogens is 1. The normalized spacial score (nSPS) is 10.6. The summed E-state index contributed by atoms with van der Waals surface area (Å²) in [6.07, 6.45) is 1.75. The zero-order valence-corrected chi connectivity index (χ0v) is 10.6. The quantitative estimate of drug-likeness (QED) is 0.734. The molecule has 0 saturated carbocycles. The molecule has 0 aliphatic heterocycles. The van der Waals surface area contributed by atoms with Crippen molar-refractivity contribution in [3.05, 3.63) is 54.2 Å². The second-order valence-electron chi connectivity index (χ2n) is 4.44. The highest BCUT2D eigenvalue weighted by atomic mass is 15.2. The minimum absolute atomic E-state index is 0.468. The first-order valence-electron chi connectivity index (χ1n) is 6.08. The van der Waals surface area contributed by atoms with Crippen molar-refractivity contribution >= 4 is 5.82 Å². The van der Waals surface area contributed by atoms with E-state index >= 15 is 0 Å². The van der Waals surface area contributed by atoms with Gasteiger partial charge in [-0.05, 0) is 25.1 Å². The van der Waals surface area contributed by atoms with Crippen molar-refractivity contribution in [2.45, 2.75) is 6.92 Å². The Bertz CT molecular complexity index is 701. The zero-order valence-electron chi connectivity index (χ0n) is 10.6. The number of aromatic amines is 1. The molecule has 0 radical (unpaired) electrons. The van der Waals surface area contributed by atoms with E-state index in [0.717, 1.165) is 22.5 Å². The number of anilines is 1. The lowest BCUT2D eigenvalue weighted by molar-refractivity contribution is 1.10. The van der Waals surface area contributed by atoms with Crippen LogP contribution in [-0.4, -0.2) is 15.2 Å². The average Bonchev–Trinajstić information content (AvgIpc) is 2.82. The summed E-state index contributed by atoms with van der Waals surface area (Å²) in [5.41, 5.74) is 10.8. The highest BCUT2D eigenvalue weighted by Gasteiger charge is 2.15. The molecule has 4 heteroatoms. The Hall–Kier alpha value is -2.62. The fourth-order valence-corrected chi connectivity index (χ4v) is 2.14. The highest BCUT2D eigenvalue weighted by molar-refractivity contribution is 5.86. The fraction of sp³-hybridized carbons (Fsp3) is 0.0667. The minimum Gasteiger partial charge on any atom is -0.382 e. The Morgan fingerprint density at radius 1 is 1.11 bits per heavy atom. The fourth-order valence-electron chi connectivity index (χ4n) is 2.14. The van der Waals surface area contributed by atoms with Crippen molar-refractivity contribution in [2.75, 3.05) is 5.73 Å². The molecule has 0 amide bonds. The molecule has 0 bridgehead atoms. The molecule has 0 saturated heterocycles. The van der Waals surface area contributed by atoms with E-state index in [2.05, 4.69) is 34.2 Å². The Morgan fingerprint density at radius 2 is 2.00 bits per heavy atom. The first kappa shape index (κ1) is 11.5. The smallest absolute Gasteiger partial charge is 0.155 e. The predicted octanol–water partition coefficient (Wildman–Crippen LogP) is 3.03. The van der Waals surface area contributed by atoms with Crippen LogP contribution in [0, 0.1) is 6.92 Å². The van der Waals surface area contributed by atoms with Crippen LogP contribution in [0.4, 0.5) is 5.82 Å². The summed E-state index contributed by atoms with van der Waals surface area (Å²) in [4.78, 5) is 4.35.